The predicted octanol–water partition coefficient (Wildman–Crippen LogP) is 0.909. The summed E-state index contributed by atoms with van der Waals surface area (Å²) in [7, 11) is 1.80. The highest BCUT2D eigenvalue weighted by atomic mass is 35.5. The molecule has 5 nitrogen and oxygen atoms in total. The van der Waals surface area contributed by atoms with E-state index in [-0.39, 0.29) is 11.4 Å². The molecular weight excluding hydrogens is 216 g/mol. The summed E-state index contributed by atoms with van der Waals surface area (Å²) < 4.78 is 1.64. The quantitative estimate of drug-likeness (QED) is 0.772. The van der Waals surface area contributed by atoms with Crippen molar-refractivity contribution in [1.29, 1.82) is 0 Å². The second-order valence-corrected chi connectivity index (χ2v) is 3.39. The number of nitrogens with one attached hydrogen (secondary N) is 1. The Labute approximate surface area is 90.7 Å². The molecule has 0 aliphatic carbocycles. The van der Waals surface area contributed by atoms with Crippen LogP contribution in [0.1, 0.15) is 5.69 Å². The Hall–Kier alpha value is -1.62. The summed E-state index contributed by atoms with van der Waals surface area (Å²) in [5.41, 5.74) is 1.11. The van der Waals surface area contributed by atoms with Gasteiger partial charge in [0.1, 0.15) is 5.82 Å². The van der Waals surface area contributed by atoms with E-state index in [1.54, 1.807) is 24.1 Å². The predicted molar refractivity (Wildman–Crippen MR) is 56.6 cm³/mol. The zero-order valence-electron chi connectivity index (χ0n) is 8.07. The monoisotopic (exact) mass is 224 g/mol. The van der Waals surface area contributed by atoms with Gasteiger partial charge in [0.2, 0.25) is 0 Å². The first kappa shape index (κ1) is 9.92. The number of H-pyrrole nitrogens is 1. The van der Waals surface area contributed by atoms with Crippen LogP contribution in [-0.2, 0) is 12.9 Å². The average Bonchev–Trinajstić information content (AvgIpc) is 2.64. The normalized spacial score (nSPS) is 10.5. The van der Waals surface area contributed by atoms with Crippen LogP contribution in [-0.4, -0.2) is 19.7 Å². The van der Waals surface area contributed by atoms with Crippen molar-refractivity contribution in [3.05, 3.63) is 34.5 Å². The molecule has 0 saturated heterocycles. The molecule has 0 aliphatic rings. The zero-order chi connectivity index (χ0) is 10.8. The summed E-state index contributed by atoms with van der Waals surface area (Å²) in [6.45, 7) is 0. The number of halogens is 1. The maximum Gasteiger partial charge on any atom is 0.251 e. The minimum atomic E-state index is -0.209. The van der Waals surface area contributed by atoms with Crippen molar-refractivity contribution in [1.82, 2.24) is 19.7 Å². The third-order valence-electron chi connectivity index (χ3n) is 1.91. The molecule has 2 aromatic heterocycles. The zero-order valence-corrected chi connectivity index (χ0v) is 8.82. The molecule has 0 radical (unpaired) electrons. The highest BCUT2D eigenvalue weighted by Gasteiger charge is 2.04. The molecule has 0 bridgehead atoms. The summed E-state index contributed by atoms with van der Waals surface area (Å²) in [6.07, 6.45) is 3.41. The minimum absolute atomic E-state index is 0.209. The van der Waals surface area contributed by atoms with E-state index >= 15 is 0 Å². The lowest BCUT2D eigenvalue weighted by Gasteiger charge is -1.98. The summed E-state index contributed by atoms with van der Waals surface area (Å²) in [5, 5.41) is 4.00. The highest BCUT2D eigenvalue weighted by Crippen LogP contribution is 2.11. The number of rotatable bonds is 2. The third-order valence-corrected chi connectivity index (χ3v) is 2.18. The molecule has 0 fully saturated rings. The first-order chi connectivity index (χ1) is 7.19. The Morgan fingerprint density at radius 1 is 1.60 bits per heavy atom. The van der Waals surface area contributed by atoms with Crippen molar-refractivity contribution in [2.45, 2.75) is 5.88 Å². The number of alkyl halides is 1. The van der Waals surface area contributed by atoms with Gasteiger partial charge in [-0.3, -0.25) is 9.48 Å². The van der Waals surface area contributed by atoms with Gasteiger partial charge in [0.05, 0.1) is 23.3 Å². The van der Waals surface area contributed by atoms with Crippen LogP contribution >= 0.6 is 11.6 Å². The van der Waals surface area contributed by atoms with Gasteiger partial charge in [-0.15, -0.1) is 11.6 Å². The number of nitrogens with zero attached hydrogens (tertiary/aromatic N) is 3. The van der Waals surface area contributed by atoms with E-state index in [4.69, 9.17) is 11.6 Å². The van der Waals surface area contributed by atoms with E-state index in [9.17, 15) is 4.79 Å². The van der Waals surface area contributed by atoms with Crippen molar-refractivity contribution < 1.29 is 0 Å². The van der Waals surface area contributed by atoms with Crippen LogP contribution in [0.5, 0.6) is 0 Å². The second-order valence-electron chi connectivity index (χ2n) is 3.12. The standard InChI is InChI=1S/C9H9ClN4O/c1-14-5-6(4-11-14)9-12-7(3-10)2-8(15)13-9/h2,4-5H,3H2,1H3,(H,12,13,15). The van der Waals surface area contributed by atoms with E-state index in [2.05, 4.69) is 15.1 Å². The molecule has 2 heterocycles. The van der Waals surface area contributed by atoms with E-state index in [0.717, 1.165) is 5.56 Å². The SMILES string of the molecule is Cn1cc(-c2nc(CCl)cc(=O)[nH]2)cn1. The van der Waals surface area contributed by atoms with Gasteiger partial charge >= 0.3 is 0 Å². The fraction of sp³-hybridized carbons (Fsp3) is 0.222. The Morgan fingerprint density at radius 2 is 2.40 bits per heavy atom. The van der Waals surface area contributed by atoms with Crippen molar-refractivity contribution in [3.8, 4) is 11.4 Å². The number of aromatic amines is 1. The molecule has 0 spiro atoms. The Morgan fingerprint density at radius 3 is 3.00 bits per heavy atom. The van der Waals surface area contributed by atoms with Crippen LogP contribution in [0.25, 0.3) is 11.4 Å². The lowest BCUT2D eigenvalue weighted by atomic mass is 10.3. The largest absolute Gasteiger partial charge is 0.306 e. The van der Waals surface area contributed by atoms with Gasteiger partial charge in [0, 0.05) is 19.3 Å². The Balaban J connectivity index is 2.53. The topological polar surface area (TPSA) is 63.6 Å². The maximum atomic E-state index is 11.3. The molecule has 2 aromatic rings. The van der Waals surface area contributed by atoms with Crippen LogP contribution < -0.4 is 5.56 Å². The molecule has 15 heavy (non-hydrogen) atoms. The molecular formula is C9H9ClN4O. The molecule has 0 aliphatic heterocycles. The molecule has 1 N–H and O–H groups in total. The van der Waals surface area contributed by atoms with Gasteiger partial charge in [0.15, 0.2) is 0 Å². The molecule has 2 rings (SSSR count). The van der Waals surface area contributed by atoms with E-state index in [0.29, 0.717) is 11.5 Å². The average molecular weight is 225 g/mol. The summed E-state index contributed by atoms with van der Waals surface area (Å²) in [4.78, 5) is 18.1. The third kappa shape index (κ3) is 2.07. The molecule has 0 aromatic carbocycles. The second kappa shape index (κ2) is 3.86. The number of hydrogen-bond acceptors (Lipinski definition) is 3. The molecule has 78 valence electrons. The van der Waals surface area contributed by atoms with Crippen molar-refractivity contribution >= 4 is 11.6 Å². The van der Waals surface area contributed by atoms with E-state index in [1.165, 1.54) is 6.07 Å². The van der Waals surface area contributed by atoms with Gasteiger partial charge in [0.25, 0.3) is 5.56 Å². The van der Waals surface area contributed by atoms with E-state index in [1.807, 2.05) is 0 Å². The Kier molecular flexibility index (Phi) is 2.55. The number of aromatic nitrogens is 4. The Bertz CT molecular complexity index is 531. The number of aryl methyl sites for hydroxylation is 1. The fourth-order valence-electron chi connectivity index (χ4n) is 1.26. The van der Waals surface area contributed by atoms with Gasteiger partial charge in [-0.1, -0.05) is 0 Å². The van der Waals surface area contributed by atoms with Gasteiger partial charge in [-0.2, -0.15) is 5.10 Å². The van der Waals surface area contributed by atoms with Crippen LogP contribution in [0.2, 0.25) is 0 Å². The minimum Gasteiger partial charge on any atom is -0.306 e. The van der Waals surface area contributed by atoms with Crippen molar-refractivity contribution in [2.24, 2.45) is 7.05 Å². The smallest absolute Gasteiger partial charge is 0.251 e. The first-order valence-corrected chi connectivity index (χ1v) is 4.87. The lowest BCUT2D eigenvalue weighted by molar-refractivity contribution is 0.768. The molecule has 6 heteroatoms. The highest BCUT2D eigenvalue weighted by molar-refractivity contribution is 6.16. The van der Waals surface area contributed by atoms with Gasteiger partial charge < -0.3 is 4.98 Å². The number of hydrogen-bond donors (Lipinski definition) is 1. The van der Waals surface area contributed by atoms with Crippen LogP contribution in [0.15, 0.2) is 23.3 Å². The fourth-order valence-corrected chi connectivity index (χ4v) is 1.39. The first-order valence-electron chi connectivity index (χ1n) is 4.34. The molecule has 0 atom stereocenters. The van der Waals surface area contributed by atoms with Gasteiger partial charge in [-0.25, -0.2) is 4.98 Å². The molecule has 0 amide bonds. The lowest BCUT2D eigenvalue weighted by Crippen LogP contribution is -2.09. The summed E-state index contributed by atoms with van der Waals surface area (Å²) in [5.74, 6) is 0.711. The van der Waals surface area contributed by atoms with Crippen molar-refractivity contribution in [2.75, 3.05) is 0 Å². The summed E-state index contributed by atoms with van der Waals surface area (Å²) in [6, 6.07) is 1.38. The molecule has 0 unspecified atom stereocenters. The maximum absolute atomic E-state index is 11.3. The van der Waals surface area contributed by atoms with Gasteiger partial charge in [-0.05, 0) is 0 Å². The van der Waals surface area contributed by atoms with Crippen LogP contribution in [0.4, 0.5) is 0 Å². The van der Waals surface area contributed by atoms with Crippen molar-refractivity contribution in [3.63, 3.8) is 0 Å². The van der Waals surface area contributed by atoms with E-state index < -0.39 is 0 Å². The molecule has 0 saturated carbocycles. The summed E-state index contributed by atoms with van der Waals surface area (Å²) >= 11 is 5.63. The van der Waals surface area contributed by atoms with Crippen LogP contribution in [0, 0.1) is 0 Å². The van der Waals surface area contributed by atoms with Crippen LogP contribution in [0.3, 0.4) is 0 Å².